The van der Waals surface area contributed by atoms with Gasteiger partial charge >= 0.3 is 0 Å². The van der Waals surface area contributed by atoms with Gasteiger partial charge in [0.1, 0.15) is 0 Å². The summed E-state index contributed by atoms with van der Waals surface area (Å²) >= 11 is 9.10. The molecule has 0 aliphatic heterocycles. The van der Waals surface area contributed by atoms with E-state index in [-0.39, 0.29) is 5.91 Å². The van der Waals surface area contributed by atoms with E-state index in [0.29, 0.717) is 21.6 Å². The van der Waals surface area contributed by atoms with Crippen molar-refractivity contribution in [3.63, 3.8) is 0 Å². The molecule has 0 saturated heterocycles. The Morgan fingerprint density at radius 2 is 2.07 bits per heavy atom. The first-order valence-corrected chi connectivity index (χ1v) is 10.4. The van der Waals surface area contributed by atoms with Gasteiger partial charge in [-0.05, 0) is 55.5 Å². The maximum absolute atomic E-state index is 12.6. The quantitative estimate of drug-likeness (QED) is 0.482. The van der Waals surface area contributed by atoms with Crippen molar-refractivity contribution in [3.8, 4) is 0 Å². The predicted octanol–water partition coefficient (Wildman–Crippen LogP) is 5.43. The Kier molecular flexibility index (Phi) is 4.75. The van der Waals surface area contributed by atoms with Gasteiger partial charge in [0.05, 0.1) is 38.0 Å². The highest BCUT2D eigenvalue weighted by molar-refractivity contribution is 7.22. The van der Waals surface area contributed by atoms with Crippen molar-refractivity contribution >= 4 is 55.5 Å². The Balaban J connectivity index is 1.50. The van der Waals surface area contributed by atoms with Crippen LogP contribution < -0.4 is 5.32 Å². The first kappa shape index (κ1) is 18.2. The van der Waals surface area contributed by atoms with E-state index in [2.05, 4.69) is 21.5 Å². The number of nitrogens with zero attached hydrogens (tertiary/aromatic N) is 3. The van der Waals surface area contributed by atoms with Crippen LogP contribution in [0.2, 0.25) is 5.02 Å². The summed E-state index contributed by atoms with van der Waals surface area (Å²) in [6.45, 7) is 6.46. The van der Waals surface area contributed by atoms with E-state index in [4.69, 9.17) is 11.6 Å². The average molecular weight is 417 g/mol. The molecule has 1 N–H and O–H groups in total. The third-order valence-corrected chi connectivity index (χ3v) is 6.73. The summed E-state index contributed by atoms with van der Waals surface area (Å²) < 4.78 is 2.93. The zero-order valence-electron chi connectivity index (χ0n) is 15.0. The zero-order valence-corrected chi connectivity index (χ0v) is 17.4. The van der Waals surface area contributed by atoms with Crippen molar-refractivity contribution in [3.05, 3.63) is 62.1 Å². The van der Waals surface area contributed by atoms with Crippen LogP contribution >= 0.6 is 34.3 Å². The third-order valence-electron chi connectivity index (χ3n) is 4.27. The second-order valence-electron chi connectivity index (χ2n) is 6.41. The molecule has 0 fully saturated rings. The van der Waals surface area contributed by atoms with Gasteiger partial charge in [0.25, 0.3) is 5.91 Å². The van der Waals surface area contributed by atoms with Crippen LogP contribution in [0.15, 0.2) is 29.6 Å². The molecule has 8 heteroatoms. The van der Waals surface area contributed by atoms with Gasteiger partial charge in [-0.3, -0.25) is 14.8 Å². The van der Waals surface area contributed by atoms with Gasteiger partial charge in [-0.15, -0.1) is 11.3 Å². The largest absolute Gasteiger partial charge is 0.297 e. The van der Waals surface area contributed by atoms with Gasteiger partial charge in [-0.25, -0.2) is 4.98 Å². The molecule has 0 aliphatic carbocycles. The number of nitrogens with one attached hydrogen (secondary N) is 1. The van der Waals surface area contributed by atoms with E-state index >= 15 is 0 Å². The summed E-state index contributed by atoms with van der Waals surface area (Å²) in [4.78, 5) is 17.7. The maximum Gasteiger partial charge on any atom is 0.267 e. The molecule has 4 aromatic rings. The van der Waals surface area contributed by atoms with Crippen LogP contribution in [0.4, 0.5) is 5.13 Å². The lowest BCUT2D eigenvalue weighted by Crippen LogP contribution is -2.10. The molecular weight excluding hydrogens is 400 g/mol. The van der Waals surface area contributed by atoms with Crippen molar-refractivity contribution in [2.45, 2.75) is 27.3 Å². The van der Waals surface area contributed by atoms with Crippen LogP contribution in [0, 0.1) is 20.8 Å². The Morgan fingerprint density at radius 1 is 1.26 bits per heavy atom. The van der Waals surface area contributed by atoms with Gasteiger partial charge in [-0.2, -0.15) is 5.10 Å². The number of benzene rings is 1. The van der Waals surface area contributed by atoms with Crippen molar-refractivity contribution in [2.75, 3.05) is 5.32 Å². The Hall–Kier alpha value is -2.22. The number of halogens is 1. The summed E-state index contributed by atoms with van der Waals surface area (Å²) in [7, 11) is 0. The van der Waals surface area contributed by atoms with E-state index in [1.165, 1.54) is 28.2 Å². The molecule has 0 atom stereocenters. The van der Waals surface area contributed by atoms with Gasteiger partial charge in [0.2, 0.25) is 0 Å². The molecule has 0 radical (unpaired) electrons. The first-order chi connectivity index (χ1) is 12.9. The number of aromatic nitrogens is 3. The number of carbonyl (C=O) groups excluding carboxylic acids is 1. The highest BCUT2D eigenvalue weighted by Crippen LogP contribution is 2.28. The van der Waals surface area contributed by atoms with Crippen molar-refractivity contribution in [1.29, 1.82) is 0 Å². The molecule has 27 heavy (non-hydrogen) atoms. The summed E-state index contributed by atoms with van der Waals surface area (Å²) in [6, 6.07) is 7.96. The monoisotopic (exact) mass is 416 g/mol. The van der Waals surface area contributed by atoms with Crippen LogP contribution in [0.1, 0.15) is 32.2 Å². The number of anilines is 1. The van der Waals surface area contributed by atoms with Crippen molar-refractivity contribution in [1.82, 2.24) is 14.8 Å². The topological polar surface area (TPSA) is 59.8 Å². The van der Waals surface area contributed by atoms with Crippen molar-refractivity contribution < 1.29 is 4.79 Å². The molecule has 5 nitrogen and oxygen atoms in total. The van der Waals surface area contributed by atoms with Crippen LogP contribution in [0.25, 0.3) is 10.2 Å². The lowest BCUT2D eigenvalue weighted by Gasteiger charge is -2.02. The number of fused-ring (bicyclic) bond motifs is 1. The molecule has 0 bridgehead atoms. The number of aryl methyl sites for hydroxylation is 2. The molecule has 0 saturated carbocycles. The zero-order chi connectivity index (χ0) is 19.1. The molecule has 3 aromatic heterocycles. The number of amides is 1. The van der Waals surface area contributed by atoms with Crippen LogP contribution in [-0.4, -0.2) is 20.7 Å². The van der Waals surface area contributed by atoms with E-state index in [1.54, 1.807) is 0 Å². The Morgan fingerprint density at radius 3 is 2.81 bits per heavy atom. The average Bonchev–Trinajstić information content (AvgIpc) is 3.30. The molecule has 138 valence electrons. The SMILES string of the molecule is Cc1ccc2nc(NC(=O)c3cc(Cn4nc(C)c(Cl)c4C)cs3)sc2c1. The number of thiophene rings is 1. The van der Waals surface area contributed by atoms with Gasteiger partial charge in [-0.1, -0.05) is 29.0 Å². The number of hydrogen-bond donors (Lipinski definition) is 1. The maximum atomic E-state index is 12.6. The molecule has 1 amide bonds. The molecule has 0 spiro atoms. The Bertz CT molecular complexity index is 1160. The van der Waals surface area contributed by atoms with Crippen molar-refractivity contribution in [2.24, 2.45) is 0 Å². The summed E-state index contributed by atoms with van der Waals surface area (Å²) in [5.74, 6) is -0.145. The lowest BCUT2D eigenvalue weighted by molar-refractivity contribution is 0.103. The van der Waals surface area contributed by atoms with E-state index in [9.17, 15) is 4.79 Å². The normalized spacial score (nSPS) is 11.3. The minimum absolute atomic E-state index is 0.145. The van der Waals surface area contributed by atoms with E-state index < -0.39 is 0 Å². The highest BCUT2D eigenvalue weighted by atomic mass is 35.5. The second-order valence-corrected chi connectivity index (χ2v) is 8.73. The predicted molar refractivity (Wildman–Crippen MR) is 112 cm³/mol. The van der Waals surface area contributed by atoms with E-state index in [0.717, 1.165) is 27.2 Å². The molecule has 0 unspecified atom stereocenters. The fourth-order valence-electron chi connectivity index (χ4n) is 2.82. The highest BCUT2D eigenvalue weighted by Gasteiger charge is 2.14. The number of rotatable bonds is 4. The molecule has 1 aromatic carbocycles. The smallest absolute Gasteiger partial charge is 0.267 e. The minimum Gasteiger partial charge on any atom is -0.297 e. The van der Waals surface area contributed by atoms with Crippen LogP contribution in [0.3, 0.4) is 0 Å². The van der Waals surface area contributed by atoms with E-state index in [1.807, 2.05) is 49.0 Å². The molecule has 4 rings (SSSR count). The Labute approximate surface area is 169 Å². The lowest BCUT2D eigenvalue weighted by atomic mass is 10.2. The summed E-state index contributed by atoms with van der Waals surface area (Å²) in [6.07, 6.45) is 0. The number of hydrogen-bond acceptors (Lipinski definition) is 5. The van der Waals surface area contributed by atoms with Crippen LogP contribution in [-0.2, 0) is 6.54 Å². The summed E-state index contributed by atoms with van der Waals surface area (Å²) in [5, 5.41) is 10.6. The molecular formula is C19H17ClN4OS2. The molecule has 0 aliphatic rings. The fourth-order valence-corrected chi connectivity index (χ4v) is 4.72. The first-order valence-electron chi connectivity index (χ1n) is 8.36. The second kappa shape index (κ2) is 7.07. The van der Waals surface area contributed by atoms with Crippen LogP contribution in [0.5, 0.6) is 0 Å². The molecule has 3 heterocycles. The number of carbonyl (C=O) groups is 1. The number of thiazole rings is 1. The summed E-state index contributed by atoms with van der Waals surface area (Å²) in [5.41, 5.74) is 4.84. The van der Waals surface area contributed by atoms with Gasteiger partial charge in [0, 0.05) is 0 Å². The standard InChI is InChI=1S/C19H17ClN4OS2/c1-10-4-5-14-15(6-10)27-19(21-14)22-18(25)16-7-13(9-26-16)8-24-12(3)17(20)11(2)23-24/h4-7,9H,8H2,1-3H3,(H,21,22,25). The third kappa shape index (κ3) is 3.63. The van der Waals surface area contributed by atoms with Gasteiger partial charge < -0.3 is 0 Å². The minimum atomic E-state index is -0.145. The fraction of sp³-hybridized carbons (Fsp3) is 0.211. The van der Waals surface area contributed by atoms with Gasteiger partial charge in [0.15, 0.2) is 5.13 Å².